The van der Waals surface area contributed by atoms with Crippen molar-refractivity contribution in [2.75, 3.05) is 52.5 Å². The molecule has 0 aromatic rings. The van der Waals surface area contributed by atoms with Gasteiger partial charge in [0.15, 0.2) is 5.96 Å². The van der Waals surface area contributed by atoms with Gasteiger partial charge in [0.2, 0.25) is 0 Å². The van der Waals surface area contributed by atoms with E-state index in [9.17, 15) is 0 Å². The molecule has 2 fully saturated rings. The summed E-state index contributed by atoms with van der Waals surface area (Å²) in [5.41, 5.74) is 0.488. The van der Waals surface area contributed by atoms with Crippen LogP contribution in [0.2, 0.25) is 0 Å². The van der Waals surface area contributed by atoms with Gasteiger partial charge in [-0.15, -0.1) is 24.0 Å². The second-order valence-corrected chi connectivity index (χ2v) is 7.30. The first-order valence-electron chi connectivity index (χ1n) is 9.50. The molecule has 0 bridgehead atoms. The minimum Gasteiger partial charge on any atom is -0.379 e. The molecule has 0 amide bonds. The number of nitrogens with one attached hydrogen (secondary N) is 2. The van der Waals surface area contributed by atoms with Crippen LogP contribution in [0.5, 0.6) is 0 Å². The minimum absolute atomic E-state index is 0. The Hall–Kier alpha value is -0.0800. The maximum atomic E-state index is 5.42. The molecule has 6 heteroatoms. The van der Waals surface area contributed by atoms with Gasteiger partial charge in [-0.3, -0.25) is 9.89 Å². The van der Waals surface area contributed by atoms with Crippen LogP contribution in [0.3, 0.4) is 0 Å². The zero-order valence-electron chi connectivity index (χ0n) is 15.8. The first kappa shape index (κ1) is 22.0. The molecule has 5 nitrogen and oxygen atoms in total. The molecule has 0 spiro atoms. The lowest BCUT2D eigenvalue weighted by atomic mass is 9.67. The van der Waals surface area contributed by atoms with Gasteiger partial charge in [-0.25, -0.2) is 0 Å². The summed E-state index contributed by atoms with van der Waals surface area (Å²) < 4.78 is 5.42. The third-order valence-corrected chi connectivity index (χ3v) is 5.37. The molecule has 24 heavy (non-hydrogen) atoms. The monoisotopic (exact) mass is 452 g/mol. The van der Waals surface area contributed by atoms with E-state index in [1.807, 2.05) is 0 Å². The van der Waals surface area contributed by atoms with Gasteiger partial charge in [-0.05, 0) is 37.5 Å². The Morgan fingerprint density at radius 2 is 1.92 bits per heavy atom. The summed E-state index contributed by atoms with van der Waals surface area (Å²) in [5, 5.41) is 6.93. The third kappa shape index (κ3) is 7.04. The second-order valence-electron chi connectivity index (χ2n) is 7.30. The molecule has 0 radical (unpaired) electrons. The molecule has 2 aliphatic rings. The molecule has 1 aliphatic carbocycles. The van der Waals surface area contributed by atoms with E-state index >= 15 is 0 Å². The Morgan fingerprint density at radius 1 is 1.21 bits per heavy atom. The highest BCUT2D eigenvalue weighted by Crippen LogP contribution is 2.43. The molecule has 2 rings (SSSR count). The number of hydrogen-bond acceptors (Lipinski definition) is 3. The lowest BCUT2D eigenvalue weighted by Gasteiger charge is -2.40. The number of halogens is 1. The standard InChI is InChI=1S/C18H36N4O.HI/c1-4-18(7-6-8-18)15-21-17(19-5-2)20-13-16(3)14-22-9-11-23-12-10-22;/h16H,4-15H2,1-3H3,(H2,19,20,21);1H. The van der Waals surface area contributed by atoms with Crippen LogP contribution in [0, 0.1) is 11.3 Å². The van der Waals surface area contributed by atoms with Crippen LogP contribution in [-0.2, 0) is 4.74 Å². The molecule has 2 N–H and O–H groups in total. The fraction of sp³-hybridized carbons (Fsp3) is 0.944. The van der Waals surface area contributed by atoms with Gasteiger partial charge >= 0.3 is 0 Å². The number of aliphatic imine (C=N–C) groups is 1. The summed E-state index contributed by atoms with van der Waals surface area (Å²) in [6.07, 6.45) is 5.33. The zero-order valence-corrected chi connectivity index (χ0v) is 18.1. The number of nitrogens with zero attached hydrogens (tertiary/aromatic N) is 2. The van der Waals surface area contributed by atoms with Crippen LogP contribution in [0.25, 0.3) is 0 Å². The van der Waals surface area contributed by atoms with Gasteiger partial charge in [-0.2, -0.15) is 0 Å². The summed E-state index contributed by atoms with van der Waals surface area (Å²) >= 11 is 0. The molecule has 1 aliphatic heterocycles. The zero-order chi connectivity index (χ0) is 16.5. The van der Waals surface area contributed by atoms with Crippen molar-refractivity contribution in [2.24, 2.45) is 16.3 Å². The van der Waals surface area contributed by atoms with Crippen molar-refractivity contribution in [2.45, 2.75) is 46.5 Å². The van der Waals surface area contributed by atoms with E-state index in [0.717, 1.165) is 58.4 Å². The van der Waals surface area contributed by atoms with E-state index in [1.54, 1.807) is 0 Å². The summed E-state index contributed by atoms with van der Waals surface area (Å²) in [6.45, 7) is 14.6. The van der Waals surface area contributed by atoms with Gasteiger partial charge in [0.25, 0.3) is 0 Å². The Bertz CT molecular complexity index is 363. The van der Waals surface area contributed by atoms with Gasteiger partial charge in [-0.1, -0.05) is 20.3 Å². The first-order valence-corrected chi connectivity index (χ1v) is 9.50. The molecule has 0 aromatic carbocycles. The van der Waals surface area contributed by atoms with Crippen LogP contribution >= 0.6 is 24.0 Å². The predicted molar refractivity (Wildman–Crippen MR) is 112 cm³/mol. The molecule has 142 valence electrons. The maximum absolute atomic E-state index is 5.42. The number of hydrogen-bond donors (Lipinski definition) is 2. The fourth-order valence-corrected chi connectivity index (χ4v) is 3.45. The van der Waals surface area contributed by atoms with Crippen molar-refractivity contribution in [1.82, 2.24) is 15.5 Å². The molecular formula is C18H37IN4O. The maximum Gasteiger partial charge on any atom is 0.191 e. The average Bonchev–Trinajstić information content (AvgIpc) is 2.53. The lowest BCUT2D eigenvalue weighted by molar-refractivity contribution is 0.0320. The molecule has 1 saturated heterocycles. The van der Waals surface area contributed by atoms with Gasteiger partial charge in [0.1, 0.15) is 0 Å². The van der Waals surface area contributed by atoms with Crippen molar-refractivity contribution in [3.8, 4) is 0 Å². The van der Waals surface area contributed by atoms with E-state index in [4.69, 9.17) is 9.73 Å². The van der Waals surface area contributed by atoms with Crippen molar-refractivity contribution < 1.29 is 4.74 Å². The molecule has 1 saturated carbocycles. The summed E-state index contributed by atoms with van der Waals surface area (Å²) in [6, 6.07) is 0. The predicted octanol–water partition coefficient (Wildman–Crippen LogP) is 2.71. The fourth-order valence-electron chi connectivity index (χ4n) is 3.45. The van der Waals surface area contributed by atoms with Gasteiger partial charge in [0.05, 0.1) is 13.2 Å². The Kier molecular flexibility index (Phi) is 10.5. The van der Waals surface area contributed by atoms with Crippen molar-refractivity contribution in [1.29, 1.82) is 0 Å². The SMILES string of the molecule is CCNC(=NCC1(CC)CCC1)NCC(C)CN1CCOCC1.I. The Morgan fingerprint density at radius 3 is 2.46 bits per heavy atom. The average molecular weight is 452 g/mol. The Balaban J connectivity index is 0.00000288. The first-order chi connectivity index (χ1) is 11.2. The van der Waals surface area contributed by atoms with Crippen LogP contribution in [0.15, 0.2) is 4.99 Å². The van der Waals surface area contributed by atoms with Crippen LogP contribution in [0.4, 0.5) is 0 Å². The second kappa shape index (κ2) is 11.5. The number of morpholine rings is 1. The van der Waals surface area contributed by atoms with Gasteiger partial charge in [0, 0.05) is 39.3 Å². The van der Waals surface area contributed by atoms with E-state index in [1.165, 1.54) is 25.7 Å². The Labute approximate surface area is 165 Å². The smallest absolute Gasteiger partial charge is 0.191 e. The van der Waals surface area contributed by atoms with E-state index < -0.39 is 0 Å². The molecule has 1 heterocycles. The highest BCUT2D eigenvalue weighted by Gasteiger charge is 2.34. The van der Waals surface area contributed by atoms with E-state index in [-0.39, 0.29) is 24.0 Å². The minimum atomic E-state index is 0. The third-order valence-electron chi connectivity index (χ3n) is 5.37. The van der Waals surface area contributed by atoms with E-state index in [0.29, 0.717) is 11.3 Å². The van der Waals surface area contributed by atoms with Crippen LogP contribution in [0.1, 0.15) is 46.5 Å². The van der Waals surface area contributed by atoms with Crippen molar-refractivity contribution in [3.05, 3.63) is 0 Å². The molecule has 0 aromatic heterocycles. The number of guanidine groups is 1. The number of ether oxygens (including phenoxy) is 1. The van der Waals surface area contributed by atoms with Gasteiger partial charge < -0.3 is 15.4 Å². The largest absolute Gasteiger partial charge is 0.379 e. The molecular weight excluding hydrogens is 415 g/mol. The summed E-state index contributed by atoms with van der Waals surface area (Å²) in [5.74, 6) is 1.60. The lowest BCUT2D eigenvalue weighted by Crippen LogP contribution is -2.44. The number of rotatable bonds is 8. The summed E-state index contributed by atoms with van der Waals surface area (Å²) in [4.78, 5) is 7.36. The van der Waals surface area contributed by atoms with Crippen molar-refractivity contribution >= 4 is 29.9 Å². The van der Waals surface area contributed by atoms with Crippen molar-refractivity contribution in [3.63, 3.8) is 0 Å². The molecule has 1 unspecified atom stereocenters. The van der Waals surface area contributed by atoms with Crippen LogP contribution < -0.4 is 10.6 Å². The topological polar surface area (TPSA) is 48.9 Å². The summed E-state index contributed by atoms with van der Waals surface area (Å²) in [7, 11) is 0. The highest BCUT2D eigenvalue weighted by atomic mass is 127. The normalized spacial score (nSPS) is 22.2. The van der Waals surface area contributed by atoms with Crippen LogP contribution in [-0.4, -0.2) is 63.3 Å². The highest BCUT2D eigenvalue weighted by molar-refractivity contribution is 14.0. The quantitative estimate of drug-likeness (QED) is 0.338. The van der Waals surface area contributed by atoms with E-state index in [2.05, 4.69) is 36.3 Å². The molecule has 1 atom stereocenters.